The largest absolute Gasteiger partial charge is 0.489 e. The Labute approximate surface area is 112 Å². The summed E-state index contributed by atoms with van der Waals surface area (Å²) in [5.74, 6) is -0.493. The van der Waals surface area contributed by atoms with Crippen LogP contribution in [0.15, 0.2) is 18.2 Å². The molecule has 0 spiro atoms. The Morgan fingerprint density at radius 1 is 1.21 bits per heavy atom. The van der Waals surface area contributed by atoms with Gasteiger partial charge in [-0.1, -0.05) is 0 Å². The maximum atomic E-state index is 10.9. The number of carboxylic acids is 1. The van der Waals surface area contributed by atoms with Crippen LogP contribution in [-0.4, -0.2) is 51.7 Å². The highest BCUT2D eigenvalue weighted by Gasteiger charge is 2.09. The molecule has 2 N–H and O–H groups in total. The molecule has 19 heavy (non-hydrogen) atoms. The third-order valence-corrected chi connectivity index (χ3v) is 2.40. The van der Waals surface area contributed by atoms with Gasteiger partial charge >= 0.3 is 5.97 Å². The Morgan fingerprint density at radius 3 is 2.58 bits per heavy atom. The van der Waals surface area contributed by atoms with E-state index in [4.69, 9.17) is 19.3 Å². The molecule has 0 atom stereocenters. The van der Waals surface area contributed by atoms with Gasteiger partial charge in [-0.05, 0) is 18.2 Å². The summed E-state index contributed by atoms with van der Waals surface area (Å²) >= 11 is 0. The van der Waals surface area contributed by atoms with Gasteiger partial charge in [-0.2, -0.15) is 0 Å². The Morgan fingerprint density at radius 2 is 1.95 bits per heavy atom. The van der Waals surface area contributed by atoms with E-state index in [1.54, 1.807) is 20.3 Å². The van der Waals surface area contributed by atoms with Gasteiger partial charge in [-0.3, -0.25) is 0 Å². The van der Waals surface area contributed by atoms with Crippen LogP contribution in [0.4, 0.5) is 5.69 Å². The predicted molar refractivity (Wildman–Crippen MR) is 71.1 cm³/mol. The van der Waals surface area contributed by atoms with Crippen LogP contribution >= 0.6 is 0 Å². The molecule has 0 heterocycles. The van der Waals surface area contributed by atoms with Crippen molar-refractivity contribution in [1.29, 1.82) is 0 Å². The number of anilines is 1. The number of carboxylic acid groups (broad SMARTS) is 1. The molecule has 1 aromatic carbocycles. The second-order valence-corrected chi connectivity index (χ2v) is 3.78. The number of rotatable bonds is 9. The molecule has 0 saturated carbocycles. The van der Waals surface area contributed by atoms with Gasteiger partial charge in [0, 0.05) is 20.8 Å². The van der Waals surface area contributed by atoms with E-state index in [1.807, 2.05) is 0 Å². The summed E-state index contributed by atoms with van der Waals surface area (Å²) < 4.78 is 15.4. The summed E-state index contributed by atoms with van der Waals surface area (Å²) in [6, 6.07) is 4.70. The molecule has 6 nitrogen and oxygen atoms in total. The zero-order chi connectivity index (χ0) is 14.1. The number of benzene rings is 1. The minimum absolute atomic E-state index is 0.185. The SMILES string of the molecule is COCCNc1ccc(C(=O)O)cc1OCCOC. The first kappa shape index (κ1) is 15.3. The summed E-state index contributed by atoms with van der Waals surface area (Å²) in [5.41, 5.74) is 0.919. The highest BCUT2D eigenvalue weighted by molar-refractivity contribution is 5.89. The van der Waals surface area contributed by atoms with E-state index in [9.17, 15) is 4.79 Å². The van der Waals surface area contributed by atoms with Crippen LogP contribution in [0.2, 0.25) is 0 Å². The van der Waals surface area contributed by atoms with Crippen LogP contribution in [-0.2, 0) is 9.47 Å². The van der Waals surface area contributed by atoms with Gasteiger partial charge < -0.3 is 24.6 Å². The van der Waals surface area contributed by atoms with Gasteiger partial charge in [0.25, 0.3) is 0 Å². The number of methoxy groups -OCH3 is 2. The molecule has 0 radical (unpaired) electrons. The lowest BCUT2D eigenvalue weighted by molar-refractivity contribution is 0.0696. The minimum Gasteiger partial charge on any atom is -0.489 e. The highest BCUT2D eigenvalue weighted by atomic mass is 16.5. The average molecular weight is 269 g/mol. The van der Waals surface area contributed by atoms with E-state index in [1.165, 1.54) is 12.1 Å². The van der Waals surface area contributed by atoms with Gasteiger partial charge in [-0.15, -0.1) is 0 Å². The monoisotopic (exact) mass is 269 g/mol. The molecule has 0 unspecified atom stereocenters. The molecule has 0 aliphatic heterocycles. The highest BCUT2D eigenvalue weighted by Crippen LogP contribution is 2.25. The number of hydrogen-bond donors (Lipinski definition) is 2. The lowest BCUT2D eigenvalue weighted by Crippen LogP contribution is -2.11. The van der Waals surface area contributed by atoms with Crippen molar-refractivity contribution < 1.29 is 24.1 Å². The molecule has 0 saturated heterocycles. The Bertz CT molecular complexity index is 408. The second-order valence-electron chi connectivity index (χ2n) is 3.78. The zero-order valence-electron chi connectivity index (χ0n) is 11.1. The number of aromatic carboxylic acids is 1. The standard InChI is InChI=1S/C13H19NO5/c1-17-6-5-14-11-4-3-10(13(15)16)9-12(11)19-8-7-18-2/h3-4,9,14H,5-8H2,1-2H3,(H,15,16). The molecule has 0 aromatic heterocycles. The molecular formula is C13H19NO5. The maximum Gasteiger partial charge on any atom is 0.335 e. The molecule has 0 fully saturated rings. The first-order valence-corrected chi connectivity index (χ1v) is 5.91. The summed E-state index contributed by atoms with van der Waals surface area (Å²) in [5, 5.41) is 12.1. The van der Waals surface area contributed by atoms with Crippen molar-refractivity contribution in [3.63, 3.8) is 0 Å². The predicted octanol–water partition coefficient (Wildman–Crippen LogP) is 1.47. The first-order chi connectivity index (χ1) is 9.19. The van der Waals surface area contributed by atoms with Crippen LogP contribution in [0, 0.1) is 0 Å². The van der Waals surface area contributed by atoms with Crippen molar-refractivity contribution in [1.82, 2.24) is 0 Å². The first-order valence-electron chi connectivity index (χ1n) is 5.91. The van der Waals surface area contributed by atoms with E-state index in [0.29, 0.717) is 32.1 Å². The smallest absolute Gasteiger partial charge is 0.335 e. The molecule has 0 aliphatic rings. The van der Waals surface area contributed by atoms with E-state index in [2.05, 4.69) is 5.32 Å². The zero-order valence-corrected chi connectivity index (χ0v) is 11.1. The lowest BCUT2D eigenvalue weighted by atomic mass is 10.2. The Kier molecular flexibility index (Phi) is 6.70. The fourth-order valence-electron chi connectivity index (χ4n) is 1.44. The van der Waals surface area contributed by atoms with Crippen molar-refractivity contribution in [2.75, 3.05) is 45.9 Å². The molecule has 1 aromatic rings. The quantitative estimate of drug-likeness (QED) is 0.661. The second kappa shape index (κ2) is 8.34. The molecule has 0 aliphatic carbocycles. The van der Waals surface area contributed by atoms with Crippen molar-refractivity contribution in [2.24, 2.45) is 0 Å². The molecule has 1 rings (SSSR count). The average Bonchev–Trinajstić information content (AvgIpc) is 2.40. The van der Waals surface area contributed by atoms with Gasteiger partial charge in [0.05, 0.1) is 24.5 Å². The van der Waals surface area contributed by atoms with Crippen molar-refractivity contribution in [3.05, 3.63) is 23.8 Å². The van der Waals surface area contributed by atoms with Crippen molar-refractivity contribution in [2.45, 2.75) is 0 Å². The third kappa shape index (κ3) is 5.15. The normalized spacial score (nSPS) is 10.2. The van der Waals surface area contributed by atoms with Crippen LogP contribution in [0.3, 0.4) is 0 Å². The Balaban J connectivity index is 2.78. The molecule has 0 amide bonds. The lowest BCUT2D eigenvalue weighted by Gasteiger charge is -2.13. The fraction of sp³-hybridized carbons (Fsp3) is 0.462. The van der Waals surface area contributed by atoms with Crippen LogP contribution < -0.4 is 10.1 Å². The van der Waals surface area contributed by atoms with Crippen LogP contribution in [0.5, 0.6) is 5.75 Å². The van der Waals surface area contributed by atoms with E-state index < -0.39 is 5.97 Å². The Hall–Kier alpha value is -1.79. The molecule has 106 valence electrons. The maximum absolute atomic E-state index is 10.9. The van der Waals surface area contributed by atoms with E-state index >= 15 is 0 Å². The number of ether oxygens (including phenoxy) is 3. The summed E-state index contributed by atoms with van der Waals surface area (Å²) in [7, 11) is 3.19. The number of hydrogen-bond acceptors (Lipinski definition) is 5. The number of carbonyl (C=O) groups is 1. The molecule has 0 bridgehead atoms. The summed E-state index contributed by atoms with van der Waals surface area (Å²) in [6.07, 6.45) is 0. The summed E-state index contributed by atoms with van der Waals surface area (Å²) in [6.45, 7) is 1.97. The van der Waals surface area contributed by atoms with Crippen molar-refractivity contribution in [3.8, 4) is 5.75 Å². The van der Waals surface area contributed by atoms with E-state index in [-0.39, 0.29) is 5.56 Å². The van der Waals surface area contributed by atoms with Crippen LogP contribution in [0.25, 0.3) is 0 Å². The van der Waals surface area contributed by atoms with Crippen LogP contribution in [0.1, 0.15) is 10.4 Å². The molecule has 6 heteroatoms. The van der Waals surface area contributed by atoms with Gasteiger partial charge in [0.15, 0.2) is 0 Å². The molecular weight excluding hydrogens is 250 g/mol. The topological polar surface area (TPSA) is 77.0 Å². The van der Waals surface area contributed by atoms with Gasteiger partial charge in [-0.25, -0.2) is 4.79 Å². The number of nitrogens with one attached hydrogen (secondary N) is 1. The third-order valence-electron chi connectivity index (χ3n) is 2.40. The summed E-state index contributed by atoms with van der Waals surface area (Å²) in [4.78, 5) is 10.9. The fourth-order valence-corrected chi connectivity index (χ4v) is 1.44. The minimum atomic E-state index is -0.986. The van der Waals surface area contributed by atoms with E-state index in [0.717, 1.165) is 5.69 Å². The van der Waals surface area contributed by atoms with Crippen molar-refractivity contribution >= 4 is 11.7 Å². The van der Waals surface area contributed by atoms with Gasteiger partial charge in [0.1, 0.15) is 12.4 Å². The van der Waals surface area contributed by atoms with Gasteiger partial charge in [0.2, 0.25) is 0 Å².